The van der Waals surface area contributed by atoms with Gasteiger partial charge < -0.3 is 9.84 Å². The van der Waals surface area contributed by atoms with Crippen LogP contribution in [-0.2, 0) is 25.0 Å². The molecule has 0 aromatic heterocycles. The predicted octanol–water partition coefficient (Wildman–Crippen LogP) is 4.48. The van der Waals surface area contributed by atoms with Gasteiger partial charge in [-0.25, -0.2) is 13.2 Å². The molecule has 3 unspecified atom stereocenters. The minimum Gasteiger partial charge on any atom is -0.459 e. The number of carbonyl (C=O) groups is 1. The van der Waals surface area contributed by atoms with E-state index in [1.807, 2.05) is 24.3 Å². The fourth-order valence-electron chi connectivity index (χ4n) is 4.34. The van der Waals surface area contributed by atoms with Gasteiger partial charge in [0.25, 0.3) is 0 Å². The molecule has 3 atom stereocenters. The number of allylic oxidation sites excluding steroid dienone is 1. The molecule has 0 amide bonds. The summed E-state index contributed by atoms with van der Waals surface area (Å²) < 4.78 is 34.6. The van der Waals surface area contributed by atoms with Crippen LogP contribution in [0.5, 0.6) is 0 Å². The van der Waals surface area contributed by atoms with E-state index in [9.17, 15) is 18.3 Å². The quantitative estimate of drug-likeness (QED) is 0.522. The van der Waals surface area contributed by atoms with Gasteiger partial charge in [-0.2, -0.15) is 4.72 Å². The Morgan fingerprint density at radius 1 is 1.18 bits per heavy atom. The van der Waals surface area contributed by atoms with Gasteiger partial charge in [-0.15, -0.1) is 11.8 Å². The maximum atomic E-state index is 13.5. The first-order chi connectivity index (χ1) is 15.9. The molecular formula is C25H28ClNO5S2. The van der Waals surface area contributed by atoms with Gasteiger partial charge in [0.05, 0.1) is 12.0 Å². The van der Waals surface area contributed by atoms with E-state index in [4.69, 9.17) is 16.3 Å². The lowest BCUT2D eigenvalue weighted by molar-refractivity contribution is -0.159. The number of nitrogens with one attached hydrogen (secondary N) is 1. The Labute approximate surface area is 209 Å². The normalized spacial score (nSPS) is 26.7. The average Bonchev–Trinajstić information content (AvgIpc) is 3.16. The van der Waals surface area contributed by atoms with Gasteiger partial charge in [-0.3, -0.25) is 0 Å². The van der Waals surface area contributed by atoms with Crippen molar-refractivity contribution in [3.63, 3.8) is 0 Å². The number of aliphatic hydroxyl groups is 1. The molecule has 0 bridgehead atoms. The van der Waals surface area contributed by atoms with Gasteiger partial charge in [0.15, 0.2) is 0 Å². The highest BCUT2D eigenvalue weighted by Crippen LogP contribution is 2.59. The summed E-state index contributed by atoms with van der Waals surface area (Å²) in [4.78, 5) is 14.2. The summed E-state index contributed by atoms with van der Waals surface area (Å²) in [6.07, 6.45) is 2.28. The molecule has 2 aliphatic rings. The second-order valence-corrected chi connectivity index (χ2v) is 13.5. The maximum Gasteiger partial charge on any atom is 0.328 e. The molecule has 1 heterocycles. The van der Waals surface area contributed by atoms with Gasteiger partial charge >= 0.3 is 5.97 Å². The topological polar surface area (TPSA) is 92.7 Å². The number of ether oxygens (including phenoxy) is 1. The highest BCUT2D eigenvalue weighted by Gasteiger charge is 2.75. The molecule has 0 saturated heterocycles. The maximum absolute atomic E-state index is 13.5. The number of hydrogen-bond donors (Lipinski definition) is 2. The van der Waals surface area contributed by atoms with E-state index < -0.39 is 43.7 Å². The van der Waals surface area contributed by atoms with Gasteiger partial charge in [-0.1, -0.05) is 60.1 Å². The van der Waals surface area contributed by atoms with E-state index in [-0.39, 0.29) is 6.42 Å². The third kappa shape index (κ3) is 4.66. The summed E-state index contributed by atoms with van der Waals surface area (Å²) in [6.45, 7) is 4.79. The number of esters is 1. The molecule has 4 rings (SSSR count). The third-order valence-corrected chi connectivity index (χ3v) is 10.1. The number of benzene rings is 2. The molecule has 1 aliphatic carbocycles. The highest BCUT2D eigenvalue weighted by atomic mass is 35.5. The zero-order valence-electron chi connectivity index (χ0n) is 19.2. The van der Waals surface area contributed by atoms with Crippen LogP contribution >= 0.6 is 23.4 Å². The first kappa shape index (κ1) is 25.3. The molecule has 0 spiro atoms. The van der Waals surface area contributed by atoms with Crippen LogP contribution in [-0.4, -0.2) is 41.8 Å². The fraction of sp³-hybridized carbons (Fsp3) is 0.400. The first-order valence-electron chi connectivity index (χ1n) is 11.0. The standard InChI is InChI=1S/C25H28ClNO5S2/c1-23(2,3)32-22(29)25(15-24(25,16-28)18-7-5-4-6-8-18)27-34(30,31)21-14-13-20(33-21)17-9-11-19(26)12-10-17/h4-13,21,27-28H,14-16H2,1-3H3. The van der Waals surface area contributed by atoms with Crippen molar-refractivity contribution < 1.29 is 23.1 Å². The van der Waals surface area contributed by atoms with Crippen molar-refractivity contribution in [1.82, 2.24) is 4.72 Å². The number of thioether (sulfide) groups is 1. The minimum absolute atomic E-state index is 0.115. The van der Waals surface area contributed by atoms with E-state index in [1.165, 1.54) is 11.8 Å². The average molecular weight is 522 g/mol. The van der Waals surface area contributed by atoms with Crippen LogP contribution in [0, 0.1) is 0 Å². The summed E-state index contributed by atoms with van der Waals surface area (Å²) in [5.41, 5.74) is -1.93. The molecule has 1 fully saturated rings. The molecule has 6 nitrogen and oxygen atoms in total. The van der Waals surface area contributed by atoms with Crippen LogP contribution in [0.2, 0.25) is 5.02 Å². The molecule has 182 valence electrons. The van der Waals surface area contributed by atoms with Crippen LogP contribution in [0.1, 0.15) is 44.7 Å². The summed E-state index contributed by atoms with van der Waals surface area (Å²) in [7, 11) is -3.97. The molecule has 1 aliphatic heterocycles. The summed E-state index contributed by atoms with van der Waals surface area (Å²) in [6, 6.07) is 16.2. The summed E-state index contributed by atoms with van der Waals surface area (Å²) in [5.74, 6) is -0.685. The highest BCUT2D eigenvalue weighted by molar-refractivity contribution is 8.18. The van der Waals surface area contributed by atoms with Gasteiger partial charge in [0, 0.05) is 9.93 Å². The van der Waals surface area contributed by atoms with E-state index in [0.717, 1.165) is 10.5 Å². The Morgan fingerprint density at radius 3 is 2.41 bits per heavy atom. The molecule has 1 saturated carbocycles. The predicted molar refractivity (Wildman–Crippen MR) is 136 cm³/mol. The monoisotopic (exact) mass is 521 g/mol. The lowest BCUT2D eigenvalue weighted by Crippen LogP contribution is -2.53. The van der Waals surface area contributed by atoms with Crippen LogP contribution in [0.15, 0.2) is 60.7 Å². The van der Waals surface area contributed by atoms with E-state index in [0.29, 0.717) is 17.0 Å². The van der Waals surface area contributed by atoms with Crippen molar-refractivity contribution >= 4 is 44.3 Å². The van der Waals surface area contributed by atoms with Crippen LogP contribution in [0.4, 0.5) is 0 Å². The number of hydrogen-bond acceptors (Lipinski definition) is 6. The first-order valence-corrected chi connectivity index (χ1v) is 13.8. The van der Waals surface area contributed by atoms with E-state index in [1.54, 1.807) is 57.2 Å². The SMILES string of the molecule is CC(C)(C)OC(=O)C1(NS(=O)(=O)C2CC=C(c3ccc(Cl)cc3)S2)CC1(CO)c1ccccc1. The molecular weight excluding hydrogens is 494 g/mol. The fourth-order valence-corrected chi connectivity index (χ4v) is 7.69. The lowest BCUT2D eigenvalue weighted by Gasteiger charge is -2.29. The smallest absolute Gasteiger partial charge is 0.328 e. The largest absolute Gasteiger partial charge is 0.459 e. The third-order valence-electron chi connectivity index (χ3n) is 6.15. The Bertz CT molecular complexity index is 1210. The number of halogens is 1. The van der Waals surface area contributed by atoms with Crippen molar-refractivity contribution in [1.29, 1.82) is 0 Å². The zero-order chi connectivity index (χ0) is 24.8. The van der Waals surface area contributed by atoms with Crippen molar-refractivity contribution in [2.45, 2.75) is 54.7 Å². The van der Waals surface area contributed by atoms with Crippen molar-refractivity contribution in [3.05, 3.63) is 76.8 Å². The number of carbonyl (C=O) groups excluding carboxylic acids is 1. The Morgan fingerprint density at radius 2 is 1.82 bits per heavy atom. The number of aliphatic hydroxyl groups excluding tert-OH is 1. The van der Waals surface area contributed by atoms with Crippen molar-refractivity contribution in [2.75, 3.05) is 6.61 Å². The second kappa shape index (κ2) is 8.99. The molecule has 0 radical (unpaired) electrons. The van der Waals surface area contributed by atoms with Gasteiger partial charge in [0.1, 0.15) is 15.7 Å². The summed E-state index contributed by atoms with van der Waals surface area (Å²) in [5, 5.41) is 11.0. The molecule has 2 N–H and O–H groups in total. The lowest BCUT2D eigenvalue weighted by atomic mass is 9.91. The molecule has 2 aromatic rings. The minimum atomic E-state index is -3.97. The molecule has 34 heavy (non-hydrogen) atoms. The van der Waals surface area contributed by atoms with Crippen LogP contribution < -0.4 is 4.72 Å². The zero-order valence-corrected chi connectivity index (χ0v) is 21.6. The molecule has 2 aromatic carbocycles. The Balaban J connectivity index is 1.62. The van der Waals surface area contributed by atoms with E-state index in [2.05, 4.69) is 4.72 Å². The molecule has 9 heteroatoms. The Kier molecular flexibility index (Phi) is 6.68. The second-order valence-electron chi connectivity index (χ2n) is 9.70. The Hall–Kier alpha value is -1.84. The van der Waals surface area contributed by atoms with Crippen molar-refractivity contribution in [2.24, 2.45) is 0 Å². The van der Waals surface area contributed by atoms with Gasteiger partial charge in [0.2, 0.25) is 10.0 Å². The van der Waals surface area contributed by atoms with Crippen LogP contribution in [0.3, 0.4) is 0 Å². The van der Waals surface area contributed by atoms with E-state index >= 15 is 0 Å². The van der Waals surface area contributed by atoms with Gasteiger partial charge in [-0.05, 0) is 56.9 Å². The summed E-state index contributed by atoms with van der Waals surface area (Å²) >= 11 is 7.20. The number of sulfonamides is 1. The number of rotatable bonds is 7. The van der Waals surface area contributed by atoms with Crippen LogP contribution in [0.25, 0.3) is 4.91 Å². The van der Waals surface area contributed by atoms with Crippen molar-refractivity contribution in [3.8, 4) is 0 Å².